The molecule has 1 aromatic heterocycles. The molecule has 0 amide bonds. The third-order valence-corrected chi connectivity index (χ3v) is 2.11. The van der Waals surface area contributed by atoms with Crippen LogP contribution < -0.4 is 0 Å². The molecule has 0 saturated heterocycles. The van der Waals surface area contributed by atoms with Gasteiger partial charge in [-0.1, -0.05) is 0 Å². The number of pyridine rings is 1. The fraction of sp³-hybridized carbons (Fsp3) is 0.300. The lowest BCUT2D eigenvalue weighted by molar-refractivity contribution is -0.107. The molecular weight excluding hydrogens is 182 g/mol. The Morgan fingerprint density at radius 2 is 2.36 bits per heavy atom. The minimum atomic E-state index is -0.311. The maximum atomic E-state index is 11.1. The van der Waals surface area contributed by atoms with Crippen LogP contribution in [0.2, 0.25) is 0 Å². The van der Waals surface area contributed by atoms with Gasteiger partial charge < -0.3 is 9.53 Å². The first-order chi connectivity index (χ1) is 6.81. The molecule has 1 aromatic rings. The highest BCUT2D eigenvalue weighted by atomic mass is 16.5. The van der Waals surface area contributed by atoms with Gasteiger partial charge in [-0.2, -0.15) is 0 Å². The monoisotopic (exact) mass is 191 g/mol. The van der Waals surface area contributed by atoms with Gasteiger partial charge in [0.1, 0.15) is 12.9 Å². The summed E-state index contributed by atoms with van der Waals surface area (Å²) < 4.78 is 4.81. The highest BCUT2D eigenvalue weighted by Crippen LogP contribution is 2.18. The molecule has 1 aliphatic rings. The van der Waals surface area contributed by atoms with Crippen molar-refractivity contribution in [1.82, 2.24) is 4.98 Å². The van der Waals surface area contributed by atoms with Crippen LogP contribution in [0.1, 0.15) is 28.2 Å². The van der Waals surface area contributed by atoms with E-state index in [0.717, 1.165) is 12.0 Å². The zero-order valence-electron chi connectivity index (χ0n) is 7.53. The van der Waals surface area contributed by atoms with E-state index in [4.69, 9.17) is 4.74 Å². The van der Waals surface area contributed by atoms with E-state index in [-0.39, 0.29) is 12.6 Å². The molecule has 4 nitrogen and oxygen atoms in total. The molecule has 0 spiro atoms. The molecule has 0 bridgehead atoms. The number of carbonyl (C=O) groups is 2. The summed E-state index contributed by atoms with van der Waals surface area (Å²) in [6, 6.07) is 3.46. The molecule has 14 heavy (non-hydrogen) atoms. The van der Waals surface area contributed by atoms with Gasteiger partial charge >= 0.3 is 5.97 Å². The molecule has 0 unspecified atom stereocenters. The van der Waals surface area contributed by atoms with Crippen LogP contribution in [0.25, 0.3) is 0 Å². The summed E-state index contributed by atoms with van der Waals surface area (Å²) in [5, 5.41) is 0. The molecule has 0 N–H and O–H groups in total. The lowest BCUT2D eigenvalue weighted by Crippen LogP contribution is -1.97. The number of hydrogen-bond donors (Lipinski definition) is 0. The van der Waals surface area contributed by atoms with Crippen molar-refractivity contribution in [2.75, 3.05) is 0 Å². The van der Waals surface area contributed by atoms with Gasteiger partial charge in [0.2, 0.25) is 0 Å². The fourth-order valence-electron chi connectivity index (χ4n) is 1.40. The van der Waals surface area contributed by atoms with Crippen molar-refractivity contribution in [2.45, 2.75) is 19.4 Å². The Balaban J connectivity index is 2.23. The summed E-state index contributed by atoms with van der Waals surface area (Å²) in [6.07, 6.45) is 1.93. The minimum Gasteiger partial charge on any atom is -0.456 e. The number of rotatable bonds is 3. The number of ether oxygens (including phenoxy) is 1. The summed E-state index contributed by atoms with van der Waals surface area (Å²) in [6.45, 7) is 0.253. The maximum absolute atomic E-state index is 11.1. The third-order valence-electron chi connectivity index (χ3n) is 2.11. The predicted octanol–water partition coefficient (Wildman–Crippen LogP) is 0.883. The second-order valence-electron chi connectivity index (χ2n) is 3.08. The zero-order valence-corrected chi connectivity index (χ0v) is 7.53. The Morgan fingerprint density at radius 1 is 1.50 bits per heavy atom. The summed E-state index contributed by atoms with van der Waals surface area (Å²) in [4.78, 5) is 25.5. The highest BCUT2D eigenvalue weighted by Gasteiger charge is 2.22. The van der Waals surface area contributed by atoms with Crippen molar-refractivity contribution in [3.63, 3.8) is 0 Å². The van der Waals surface area contributed by atoms with Crippen LogP contribution in [-0.4, -0.2) is 17.2 Å². The molecule has 0 aliphatic carbocycles. The highest BCUT2D eigenvalue weighted by molar-refractivity contribution is 5.92. The van der Waals surface area contributed by atoms with Gasteiger partial charge in [0.05, 0.1) is 11.3 Å². The van der Waals surface area contributed by atoms with Gasteiger partial charge in [-0.05, 0) is 18.6 Å². The van der Waals surface area contributed by atoms with Crippen LogP contribution in [0, 0.1) is 0 Å². The number of aldehydes is 1. The second kappa shape index (κ2) is 3.57. The Kier molecular flexibility index (Phi) is 2.26. The van der Waals surface area contributed by atoms with Gasteiger partial charge in [0.25, 0.3) is 0 Å². The largest absolute Gasteiger partial charge is 0.456 e. The molecule has 0 aromatic carbocycles. The van der Waals surface area contributed by atoms with Crippen LogP contribution in [0.15, 0.2) is 12.1 Å². The molecular formula is C10H9NO3. The van der Waals surface area contributed by atoms with Crippen LogP contribution in [0.3, 0.4) is 0 Å². The van der Waals surface area contributed by atoms with E-state index < -0.39 is 0 Å². The van der Waals surface area contributed by atoms with E-state index in [2.05, 4.69) is 4.98 Å². The van der Waals surface area contributed by atoms with E-state index >= 15 is 0 Å². The number of hydrogen-bond acceptors (Lipinski definition) is 4. The van der Waals surface area contributed by atoms with Crippen molar-refractivity contribution in [3.8, 4) is 0 Å². The van der Waals surface area contributed by atoms with Gasteiger partial charge in [0, 0.05) is 12.1 Å². The molecule has 1 aliphatic heterocycles. The van der Waals surface area contributed by atoms with Crippen molar-refractivity contribution in [2.24, 2.45) is 0 Å². The standard InChI is InChI=1S/C10H9NO3/c12-5-1-2-7-3-4-8-9(11-7)6-14-10(8)13/h3-5H,1-2,6H2. The van der Waals surface area contributed by atoms with Crippen molar-refractivity contribution < 1.29 is 14.3 Å². The molecule has 4 heteroatoms. The summed E-state index contributed by atoms with van der Waals surface area (Å²) in [5.41, 5.74) is 2.05. The topological polar surface area (TPSA) is 56.3 Å². The van der Waals surface area contributed by atoms with E-state index in [1.807, 2.05) is 0 Å². The number of carbonyl (C=O) groups excluding carboxylic acids is 2. The van der Waals surface area contributed by atoms with E-state index in [9.17, 15) is 9.59 Å². The number of fused-ring (bicyclic) bond motifs is 1. The van der Waals surface area contributed by atoms with Crippen LogP contribution >= 0.6 is 0 Å². The average Bonchev–Trinajstić information content (AvgIpc) is 2.57. The molecule has 0 atom stereocenters. The van der Waals surface area contributed by atoms with Gasteiger partial charge in [0.15, 0.2) is 0 Å². The fourth-order valence-corrected chi connectivity index (χ4v) is 1.40. The first kappa shape index (κ1) is 8.87. The second-order valence-corrected chi connectivity index (χ2v) is 3.08. The molecule has 0 fully saturated rings. The Morgan fingerprint density at radius 3 is 3.14 bits per heavy atom. The average molecular weight is 191 g/mol. The van der Waals surface area contributed by atoms with E-state index in [1.54, 1.807) is 12.1 Å². The predicted molar refractivity (Wildman–Crippen MR) is 47.7 cm³/mol. The SMILES string of the molecule is O=CCCc1ccc2c(n1)COC2=O. The van der Waals surface area contributed by atoms with Crippen molar-refractivity contribution >= 4 is 12.3 Å². The van der Waals surface area contributed by atoms with Crippen LogP contribution in [-0.2, 0) is 22.6 Å². The van der Waals surface area contributed by atoms with E-state index in [0.29, 0.717) is 24.1 Å². The van der Waals surface area contributed by atoms with E-state index in [1.165, 1.54) is 0 Å². The summed E-state index contributed by atoms with van der Waals surface area (Å²) >= 11 is 0. The van der Waals surface area contributed by atoms with Crippen molar-refractivity contribution in [3.05, 3.63) is 29.1 Å². The van der Waals surface area contributed by atoms with Crippen LogP contribution in [0.4, 0.5) is 0 Å². The zero-order chi connectivity index (χ0) is 9.97. The Hall–Kier alpha value is -1.71. The summed E-state index contributed by atoms with van der Waals surface area (Å²) in [7, 11) is 0. The maximum Gasteiger partial charge on any atom is 0.340 e. The molecule has 72 valence electrons. The smallest absolute Gasteiger partial charge is 0.340 e. The summed E-state index contributed by atoms with van der Waals surface area (Å²) in [5.74, 6) is -0.311. The minimum absolute atomic E-state index is 0.253. The number of cyclic esters (lactones) is 1. The molecule has 0 radical (unpaired) electrons. The Bertz CT molecular complexity index is 387. The van der Waals surface area contributed by atoms with Gasteiger partial charge in [-0.25, -0.2) is 4.79 Å². The quantitative estimate of drug-likeness (QED) is 0.525. The molecule has 0 saturated carbocycles. The van der Waals surface area contributed by atoms with Crippen LogP contribution in [0.5, 0.6) is 0 Å². The van der Waals surface area contributed by atoms with Gasteiger partial charge in [-0.3, -0.25) is 4.98 Å². The van der Waals surface area contributed by atoms with Crippen molar-refractivity contribution in [1.29, 1.82) is 0 Å². The normalized spacial score (nSPS) is 13.6. The number of aryl methyl sites for hydroxylation is 1. The number of nitrogens with zero attached hydrogens (tertiary/aromatic N) is 1. The number of aromatic nitrogens is 1. The molecule has 2 rings (SSSR count). The number of esters is 1. The third kappa shape index (κ3) is 1.51. The van der Waals surface area contributed by atoms with Gasteiger partial charge in [-0.15, -0.1) is 0 Å². The Labute approximate surface area is 80.9 Å². The molecule has 2 heterocycles. The first-order valence-corrected chi connectivity index (χ1v) is 4.41. The lowest BCUT2D eigenvalue weighted by Gasteiger charge is -1.98. The lowest BCUT2D eigenvalue weighted by atomic mass is 10.1. The first-order valence-electron chi connectivity index (χ1n) is 4.41.